The monoisotopic (exact) mass is 325 g/mol. The Morgan fingerprint density at radius 3 is 2.55 bits per heavy atom. The van der Waals surface area contributed by atoms with Gasteiger partial charge in [0.25, 0.3) is 0 Å². The molecule has 1 aliphatic heterocycles. The molecule has 0 amide bonds. The number of aliphatic imine (C=N–C) groups is 1. The van der Waals surface area contributed by atoms with Gasteiger partial charge in [-0.15, -0.1) is 6.42 Å². The van der Waals surface area contributed by atoms with E-state index >= 15 is 0 Å². The van der Waals surface area contributed by atoms with Gasteiger partial charge in [-0.1, -0.05) is 25.2 Å². The van der Waals surface area contributed by atoms with Crippen molar-refractivity contribution >= 4 is 15.8 Å². The Hall–Kier alpha value is -1.22. The molecule has 1 unspecified atom stereocenters. The lowest BCUT2D eigenvalue weighted by atomic mass is 9.89. The number of hydrogen-bond donors (Lipinski definition) is 2. The average Bonchev–Trinajstić information content (AvgIpc) is 2.87. The van der Waals surface area contributed by atoms with E-state index in [2.05, 4.69) is 21.5 Å². The Morgan fingerprint density at radius 1 is 1.14 bits per heavy atom. The fourth-order valence-electron chi connectivity index (χ4n) is 3.18. The molecule has 1 heterocycles. The molecule has 5 nitrogen and oxygen atoms in total. The predicted molar refractivity (Wildman–Crippen MR) is 90.5 cm³/mol. The molecule has 22 heavy (non-hydrogen) atoms. The molecular formula is C16H27N3O2S. The molecule has 0 aromatic rings. The van der Waals surface area contributed by atoms with Crippen LogP contribution >= 0.6 is 0 Å². The first-order valence-electron chi connectivity index (χ1n) is 8.25. The van der Waals surface area contributed by atoms with Gasteiger partial charge in [0.1, 0.15) is 0 Å². The summed E-state index contributed by atoms with van der Waals surface area (Å²) in [6.07, 6.45) is 12.5. The highest BCUT2D eigenvalue weighted by molar-refractivity contribution is 7.91. The first-order chi connectivity index (χ1) is 10.6. The summed E-state index contributed by atoms with van der Waals surface area (Å²) >= 11 is 0. The van der Waals surface area contributed by atoms with Crippen LogP contribution in [0.15, 0.2) is 4.99 Å². The second kappa shape index (κ2) is 8.42. The summed E-state index contributed by atoms with van der Waals surface area (Å²) in [7, 11) is -2.83. The number of terminal acetylenes is 1. The van der Waals surface area contributed by atoms with Crippen molar-refractivity contribution in [1.29, 1.82) is 0 Å². The van der Waals surface area contributed by atoms with Crippen molar-refractivity contribution in [1.82, 2.24) is 10.6 Å². The molecule has 124 valence electrons. The van der Waals surface area contributed by atoms with E-state index in [0.29, 0.717) is 30.7 Å². The zero-order valence-electron chi connectivity index (χ0n) is 13.2. The maximum absolute atomic E-state index is 11.5. The molecule has 0 spiro atoms. The molecule has 2 aliphatic rings. The molecule has 1 saturated heterocycles. The molecule has 1 aliphatic carbocycles. The minimum absolute atomic E-state index is 0.143. The Bertz CT molecular complexity index is 516. The van der Waals surface area contributed by atoms with E-state index in [4.69, 9.17) is 6.42 Å². The lowest BCUT2D eigenvalue weighted by Gasteiger charge is -2.23. The number of nitrogens with zero attached hydrogens (tertiary/aromatic N) is 1. The number of guanidine groups is 1. The van der Waals surface area contributed by atoms with Crippen LogP contribution in [-0.4, -0.2) is 45.5 Å². The summed E-state index contributed by atoms with van der Waals surface area (Å²) in [4.78, 5) is 4.53. The predicted octanol–water partition coefficient (Wildman–Crippen LogP) is 1.17. The van der Waals surface area contributed by atoms with Crippen molar-refractivity contribution < 1.29 is 8.42 Å². The third kappa shape index (κ3) is 5.88. The Morgan fingerprint density at radius 2 is 1.91 bits per heavy atom. The minimum atomic E-state index is -2.83. The minimum Gasteiger partial charge on any atom is -0.356 e. The van der Waals surface area contributed by atoms with Crippen molar-refractivity contribution in [2.45, 2.75) is 38.5 Å². The number of nitrogens with one attached hydrogen (secondary N) is 2. The van der Waals surface area contributed by atoms with E-state index < -0.39 is 9.84 Å². The third-order valence-electron chi connectivity index (χ3n) is 4.48. The van der Waals surface area contributed by atoms with Gasteiger partial charge in [-0.3, -0.25) is 4.99 Å². The first kappa shape index (κ1) is 17.1. The fraction of sp³-hybridized carbons (Fsp3) is 0.812. The molecular weight excluding hydrogens is 298 g/mol. The Kier molecular flexibility index (Phi) is 6.56. The number of rotatable bonds is 5. The van der Waals surface area contributed by atoms with Crippen molar-refractivity contribution in [3.05, 3.63) is 0 Å². The summed E-state index contributed by atoms with van der Waals surface area (Å²) in [6, 6.07) is 0. The van der Waals surface area contributed by atoms with Gasteiger partial charge in [-0.2, -0.15) is 0 Å². The van der Waals surface area contributed by atoms with Gasteiger partial charge >= 0.3 is 0 Å². The summed E-state index contributed by atoms with van der Waals surface area (Å²) in [5.41, 5.74) is 0. The van der Waals surface area contributed by atoms with E-state index in [1.165, 1.54) is 32.1 Å². The van der Waals surface area contributed by atoms with Crippen LogP contribution < -0.4 is 10.6 Å². The average molecular weight is 325 g/mol. The first-order valence-corrected chi connectivity index (χ1v) is 10.1. The summed E-state index contributed by atoms with van der Waals surface area (Å²) < 4.78 is 23.0. The van der Waals surface area contributed by atoms with Crippen molar-refractivity contribution in [3.63, 3.8) is 0 Å². The molecule has 2 fully saturated rings. The Balaban J connectivity index is 1.82. The Labute approximate surface area is 134 Å². The molecule has 0 aromatic heterocycles. The van der Waals surface area contributed by atoms with Crippen LogP contribution in [0.3, 0.4) is 0 Å². The van der Waals surface area contributed by atoms with E-state index in [1.54, 1.807) is 0 Å². The van der Waals surface area contributed by atoms with Gasteiger partial charge in [0.15, 0.2) is 15.8 Å². The standard InChI is InChI=1S/C16H27N3O2S/c1-2-9-17-16(18-11-14-6-4-3-5-7-14)19-12-15-8-10-22(20,21)13-15/h1,14-15H,3-13H2,(H2,17,18,19). The van der Waals surface area contributed by atoms with Crippen LogP contribution in [0.5, 0.6) is 0 Å². The van der Waals surface area contributed by atoms with Crippen LogP contribution in [0.4, 0.5) is 0 Å². The van der Waals surface area contributed by atoms with Crippen LogP contribution in [0.1, 0.15) is 38.5 Å². The smallest absolute Gasteiger partial charge is 0.192 e. The summed E-state index contributed by atoms with van der Waals surface area (Å²) in [6.45, 7) is 1.89. The van der Waals surface area contributed by atoms with Gasteiger partial charge in [0.05, 0.1) is 18.1 Å². The fourth-order valence-corrected chi connectivity index (χ4v) is 5.03. The molecule has 0 aromatic carbocycles. The highest BCUT2D eigenvalue weighted by atomic mass is 32.2. The highest BCUT2D eigenvalue weighted by Crippen LogP contribution is 2.22. The number of sulfone groups is 1. The topological polar surface area (TPSA) is 70.6 Å². The normalized spacial score (nSPS) is 25.6. The molecule has 2 rings (SSSR count). The van der Waals surface area contributed by atoms with Gasteiger partial charge in [-0.05, 0) is 31.1 Å². The van der Waals surface area contributed by atoms with E-state index in [9.17, 15) is 8.42 Å². The van der Waals surface area contributed by atoms with Crippen LogP contribution in [0.25, 0.3) is 0 Å². The molecule has 0 bridgehead atoms. The van der Waals surface area contributed by atoms with E-state index in [1.807, 2.05) is 0 Å². The zero-order valence-corrected chi connectivity index (χ0v) is 14.0. The SMILES string of the molecule is C#CCNC(=NCC1CCS(=O)(=O)C1)NCC1CCCCC1. The maximum atomic E-state index is 11.5. The second-order valence-electron chi connectivity index (χ2n) is 6.40. The molecule has 2 N–H and O–H groups in total. The van der Waals surface area contributed by atoms with E-state index in [-0.39, 0.29) is 11.7 Å². The largest absolute Gasteiger partial charge is 0.356 e. The van der Waals surface area contributed by atoms with Crippen LogP contribution in [0, 0.1) is 24.2 Å². The molecule has 6 heteroatoms. The summed E-state index contributed by atoms with van der Waals surface area (Å²) in [5.74, 6) is 4.68. The van der Waals surface area contributed by atoms with Gasteiger partial charge < -0.3 is 10.6 Å². The zero-order chi connectivity index (χ0) is 15.8. The van der Waals surface area contributed by atoms with Crippen LogP contribution in [-0.2, 0) is 9.84 Å². The van der Waals surface area contributed by atoms with Gasteiger partial charge in [0, 0.05) is 13.1 Å². The van der Waals surface area contributed by atoms with Crippen molar-refractivity contribution in [2.24, 2.45) is 16.8 Å². The maximum Gasteiger partial charge on any atom is 0.192 e. The lowest BCUT2D eigenvalue weighted by Crippen LogP contribution is -2.40. The van der Waals surface area contributed by atoms with Crippen molar-refractivity contribution in [3.8, 4) is 12.3 Å². The quantitative estimate of drug-likeness (QED) is 0.452. The van der Waals surface area contributed by atoms with Gasteiger partial charge in [0.2, 0.25) is 0 Å². The van der Waals surface area contributed by atoms with Crippen LogP contribution in [0.2, 0.25) is 0 Å². The molecule has 0 radical (unpaired) electrons. The van der Waals surface area contributed by atoms with E-state index in [0.717, 1.165) is 13.0 Å². The molecule has 1 saturated carbocycles. The van der Waals surface area contributed by atoms with Crippen molar-refractivity contribution in [2.75, 3.05) is 31.1 Å². The second-order valence-corrected chi connectivity index (χ2v) is 8.63. The molecule has 1 atom stereocenters. The lowest BCUT2D eigenvalue weighted by molar-refractivity contribution is 0.355. The number of hydrogen-bond acceptors (Lipinski definition) is 3. The highest BCUT2D eigenvalue weighted by Gasteiger charge is 2.27. The third-order valence-corrected chi connectivity index (χ3v) is 6.31. The van der Waals surface area contributed by atoms with Gasteiger partial charge in [-0.25, -0.2) is 8.42 Å². The summed E-state index contributed by atoms with van der Waals surface area (Å²) in [5, 5.41) is 6.47.